The molecule has 1 amide bonds. The van der Waals surface area contributed by atoms with E-state index in [9.17, 15) is 17.6 Å². The highest BCUT2D eigenvalue weighted by Crippen LogP contribution is 2.24. The molecular weight excluding hydrogens is 397 g/mol. The van der Waals surface area contributed by atoms with Crippen LogP contribution in [0.1, 0.15) is 18.4 Å². The molecule has 1 aliphatic rings. The molecule has 7 nitrogen and oxygen atoms in total. The summed E-state index contributed by atoms with van der Waals surface area (Å²) in [5.41, 5.74) is 1.81. The van der Waals surface area contributed by atoms with Gasteiger partial charge >= 0.3 is 0 Å². The minimum atomic E-state index is -3.64. The molecule has 0 atom stereocenters. The minimum Gasteiger partial charge on any atom is -0.463 e. The molecule has 0 bridgehead atoms. The molecule has 0 saturated carbocycles. The number of amides is 1. The summed E-state index contributed by atoms with van der Waals surface area (Å²) in [6.45, 7) is 0.0157. The van der Waals surface area contributed by atoms with Crippen molar-refractivity contribution in [1.82, 2.24) is 14.6 Å². The monoisotopic (exact) mass is 419 g/mol. The van der Waals surface area contributed by atoms with Crippen LogP contribution in [-0.4, -0.2) is 43.6 Å². The van der Waals surface area contributed by atoms with Crippen LogP contribution < -0.4 is 10.1 Å². The Bertz CT molecular complexity index is 953. The summed E-state index contributed by atoms with van der Waals surface area (Å²) in [6, 6.07) is 9.33. The number of carbonyl (C=O) groups is 1. The number of sulfonamides is 1. The normalized spacial score (nSPS) is 15.0. The quantitative estimate of drug-likeness (QED) is 0.697. The molecule has 0 unspecified atom stereocenters. The van der Waals surface area contributed by atoms with E-state index < -0.39 is 16.9 Å². The van der Waals surface area contributed by atoms with Crippen LogP contribution in [0.5, 0.6) is 5.75 Å². The van der Waals surface area contributed by atoms with Gasteiger partial charge in [0, 0.05) is 38.1 Å². The molecule has 1 fully saturated rings. The number of rotatable bonds is 7. The molecule has 1 aromatic heterocycles. The molecule has 0 spiro atoms. The number of aromatic nitrogens is 1. The smallest absolute Gasteiger partial charge is 0.244 e. The lowest BCUT2D eigenvalue weighted by molar-refractivity contribution is -0.116. The number of piperidine rings is 1. The minimum absolute atomic E-state index is 0.130. The van der Waals surface area contributed by atoms with Gasteiger partial charge in [0.1, 0.15) is 5.75 Å². The number of hydrogen-bond acceptors (Lipinski definition) is 5. The van der Waals surface area contributed by atoms with E-state index in [4.69, 9.17) is 4.74 Å². The summed E-state index contributed by atoms with van der Waals surface area (Å²) in [7, 11) is -3.64. The molecule has 1 aliphatic heterocycles. The van der Waals surface area contributed by atoms with Crippen molar-refractivity contribution in [2.75, 3.05) is 20.0 Å². The molecular formula is C20H22FN3O4S. The molecule has 29 heavy (non-hydrogen) atoms. The summed E-state index contributed by atoms with van der Waals surface area (Å²) in [4.78, 5) is 16.2. The predicted octanol–water partition coefficient (Wildman–Crippen LogP) is 2.41. The summed E-state index contributed by atoms with van der Waals surface area (Å²) < 4.78 is 43.8. The Balaban J connectivity index is 1.54. The number of ether oxygens (including phenoxy) is 1. The largest absolute Gasteiger partial charge is 0.463 e. The van der Waals surface area contributed by atoms with Crippen molar-refractivity contribution < 1.29 is 22.3 Å². The van der Waals surface area contributed by atoms with Gasteiger partial charge in [-0.2, -0.15) is 4.31 Å². The van der Waals surface area contributed by atoms with Gasteiger partial charge in [0.05, 0.1) is 4.90 Å². The Morgan fingerprint density at radius 1 is 1.21 bits per heavy atom. The first-order valence-corrected chi connectivity index (χ1v) is 10.6. The van der Waals surface area contributed by atoms with Crippen LogP contribution in [0.25, 0.3) is 0 Å². The second kappa shape index (κ2) is 9.62. The number of pyridine rings is 1. The topological polar surface area (TPSA) is 88.6 Å². The van der Waals surface area contributed by atoms with E-state index in [2.05, 4.69) is 10.3 Å². The lowest BCUT2D eigenvalue weighted by Crippen LogP contribution is -2.36. The Morgan fingerprint density at radius 3 is 2.55 bits per heavy atom. The van der Waals surface area contributed by atoms with Gasteiger partial charge in [0.15, 0.2) is 0 Å². The van der Waals surface area contributed by atoms with Crippen LogP contribution in [0.2, 0.25) is 0 Å². The Labute approximate surface area is 169 Å². The van der Waals surface area contributed by atoms with Crippen molar-refractivity contribution in [3.63, 3.8) is 0 Å². The van der Waals surface area contributed by atoms with Crippen LogP contribution >= 0.6 is 0 Å². The highest BCUT2D eigenvalue weighted by atomic mass is 32.2. The Hall–Kier alpha value is -2.78. The number of halogens is 1. The highest BCUT2D eigenvalue weighted by molar-refractivity contribution is 7.89. The SMILES string of the molecule is O=C(C=C1CCN(S(=O)(=O)c2ccc(OCF)cc2)CC1)NCc1cccnc1. The van der Waals surface area contributed by atoms with Crippen LogP contribution in [0.3, 0.4) is 0 Å². The molecule has 0 aliphatic carbocycles. The van der Waals surface area contributed by atoms with E-state index in [1.165, 1.54) is 28.6 Å². The fourth-order valence-electron chi connectivity index (χ4n) is 3.01. The van der Waals surface area contributed by atoms with Crippen LogP contribution in [0.15, 0.2) is 65.3 Å². The number of alkyl halides is 1. The van der Waals surface area contributed by atoms with E-state index in [1.54, 1.807) is 24.5 Å². The molecule has 1 aromatic carbocycles. The van der Waals surface area contributed by atoms with Crippen LogP contribution in [0, 0.1) is 0 Å². The zero-order chi connectivity index (χ0) is 20.7. The molecule has 0 radical (unpaired) electrons. The van der Waals surface area contributed by atoms with Gasteiger partial charge in [0.2, 0.25) is 22.8 Å². The third kappa shape index (κ3) is 5.61. The summed E-state index contributed by atoms with van der Waals surface area (Å²) in [6.07, 6.45) is 5.88. The molecule has 1 saturated heterocycles. The lowest BCUT2D eigenvalue weighted by Gasteiger charge is -2.27. The van der Waals surface area contributed by atoms with Gasteiger partial charge in [-0.15, -0.1) is 0 Å². The van der Waals surface area contributed by atoms with Crippen molar-refractivity contribution in [1.29, 1.82) is 0 Å². The predicted molar refractivity (Wildman–Crippen MR) is 105 cm³/mol. The van der Waals surface area contributed by atoms with Gasteiger partial charge < -0.3 is 10.1 Å². The number of nitrogens with one attached hydrogen (secondary N) is 1. The van der Waals surface area contributed by atoms with E-state index in [-0.39, 0.29) is 16.6 Å². The van der Waals surface area contributed by atoms with E-state index in [1.807, 2.05) is 6.07 Å². The van der Waals surface area contributed by atoms with Crippen molar-refractivity contribution in [2.45, 2.75) is 24.3 Å². The number of carbonyl (C=O) groups excluding carboxylic acids is 1. The number of hydrogen-bond donors (Lipinski definition) is 1. The molecule has 9 heteroatoms. The maximum Gasteiger partial charge on any atom is 0.244 e. The first-order valence-electron chi connectivity index (χ1n) is 9.14. The van der Waals surface area contributed by atoms with Crippen molar-refractivity contribution in [2.24, 2.45) is 0 Å². The van der Waals surface area contributed by atoms with Crippen LogP contribution in [-0.2, 0) is 21.4 Å². The highest BCUT2D eigenvalue weighted by Gasteiger charge is 2.27. The van der Waals surface area contributed by atoms with E-state index >= 15 is 0 Å². The fourth-order valence-corrected chi connectivity index (χ4v) is 4.45. The first-order chi connectivity index (χ1) is 14.0. The van der Waals surface area contributed by atoms with Crippen LogP contribution in [0.4, 0.5) is 4.39 Å². The molecule has 3 rings (SSSR count). The zero-order valence-corrected chi connectivity index (χ0v) is 16.6. The maximum absolute atomic E-state index is 12.8. The second-order valence-electron chi connectivity index (χ2n) is 6.51. The standard InChI is InChI=1S/C20H22FN3O4S/c21-15-28-18-3-5-19(6-4-18)29(26,27)24-10-7-16(8-11-24)12-20(25)23-14-17-2-1-9-22-13-17/h1-6,9,12-13H,7-8,10-11,14-15H2,(H,23,25). The van der Waals surface area contributed by atoms with Gasteiger partial charge in [-0.25, -0.2) is 12.8 Å². The second-order valence-corrected chi connectivity index (χ2v) is 8.45. The molecule has 2 heterocycles. The third-order valence-corrected chi connectivity index (χ3v) is 6.48. The Kier molecular flexibility index (Phi) is 6.95. The van der Waals surface area contributed by atoms with Gasteiger partial charge in [-0.05, 0) is 48.7 Å². The average molecular weight is 419 g/mol. The first kappa shape index (κ1) is 20.9. The van der Waals surface area contributed by atoms with E-state index in [0.29, 0.717) is 32.5 Å². The van der Waals surface area contributed by atoms with Gasteiger partial charge in [-0.1, -0.05) is 11.6 Å². The zero-order valence-electron chi connectivity index (χ0n) is 15.8. The van der Waals surface area contributed by atoms with Crippen molar-refractivity contribution in [3.05, 3.63) is 66.0 Å². The summed E-state index contributed by atoms with van der Waals surface area (Å²) >= 11 is 0. The number of benzene rings is 1. The van der Waals surface area contributed by atoms with Gasteiger partial charge in [-0.3, -0.25) is 9.78 Å². The van der Waals surface area contributed by atoms with Crippen molar-refractivity contribution in [3.8, 4) is 5.75 Å². The lowest BCUT2D eigenvalue weighted by atomic mass is 10.1. The average Bonchev–Trinajstić information content (AvgIpc) is 2.74. The summed E-state index contributed by atoms with van der Waals surface area (Å²) in [5.74, 6) is 0.0659. The Morgan fingerprint density at radius 2 is 1.93 bits per heavy atom. The van der Waals surface area contributed by atoms with Crippen molar-refractivity contribution >= 4 is 15.9 Å². The van der Waals surface area contributed by atoms with Gasteiger partial charge in [0.25, 0.3) is 0 Å². The fraction of sp³-hybridized carbons (Fsp3) is 0.300. The number of nitrogens with zero attached hydrogens (tertiary/aromatic N) is 2. The molecule has 154 valence electrons. The molecule has 1 N–H and O–H groups in total. The third-order valence-electron chi connectivity index (χ3n) is 4.57. The molecule has 2 aromatic rings. The van der Waals surface area contributed by atoms with E-state index in [0.717, 1.165) is 11.1 Å². The summed E-state index contributed by atoms with van der Waals surface area (Å²) in [5, 5.41) is 2.80. The maximum atomic E-state index is 12.8.